The minimum atomic E-state index is -0.755. The average Bonchev–Trinajstić information content (AvgIpc) is 1.82. The van der Waals surface area contributed by atoms with Gasteiger partial charge in [0, 0.05) is 11.3 Å². The van der Waals surface area contributed by atoms with Crippen molar-refractivity contribution < 1.29 is 10.0 Å². The number of nitro groups is 1. The van der Waals surface area contributed by atoms with Gasteiger partial charge in [0.15, 0.2) is 0 Å². The summed E-state index contributed by atoms with van der Waals surface area (Å²) in [5.41, 5.74) is 0. The quantitative estimate of drug-likeness (QED) is 0.446. The van der Waals surface area contributed by atoms with Gasteiger partial charge in [-0.3, -0.25) is 10.1 Å². The molecule has 1 unspecified atom stereocenters. The molecular formula is C5H11NO3. The fourth-order valence-corrected chi connectivity index (χ4v) is 0.597. The predicted octanol–water partition coefficient (Wildman–Crippen LogP) is 0.424. The molecule has 0 fully saturated rings. The molecular weight excluding hydrogens is 122 g/mol. The lowest BCUT2D eigenvalue weighted by molar-refractivity contribution is -0.526. The van der Waals surface area contributed by atoms with E-state index in [9.17, 15) is 10.1 Å². The highest BCUT2D eigenvalue weighted by atomic mass is 16.6. The van der Waals surface area contributed by atoms with Crippen molar-refractivity contribution in [3.05, 3.63) is 10.1 Å². The van der Waals surface area contributed by atoms with Gasteiger partial charge in [-0.1, -0.05) is 6.92 Å². The first-order chi connectivity index (χ1) is 4.22. The van der Waals surface area contributed by atoms with Crippen LogP contribution in [0.5, 0.6) is 0 Å². The number of rotatable bonds is 4. The molecule has 0 heterocycles. The third kappa shape index (κ3) is 3.03. The van der Waals surface area contributed by atoms with Crippen molar-refractivity contribution >= 4 is 0 Å². The lowest BCUT2D eigenvalue weighted by atomic mass is 10.2. The zero-order valence-electron chi connectivity index (χ0n) is 5.41. The fraction of sp³-hybridized carbons (Fsp3) is 1.00. The van der Waals surface area contributed by atoms with Gasteiger partial charge in [-0.2, -0.15) is 0 Å². The van der Waals surface area contributed by atoms with Crippen LogP contribution in [0.4, 0.5) is 0 Å². The van der Waals surface area contributed by atoms with Crippen LogP contribution in [0.1, 0.15) is 19.8 Å². The molecule has 0 radical (unpaired) electrons. The third-order valence-corrected chi connectivity index (χ3v) is 1.13. The fourth-order valence-electron chi connectivity index (χ4n) is 0.597. The molecule has 4 heteroatoms. The Hall–Kier alpha value is -0.640. The molecule has 0 bridgehead atoms. The molecule has 0 spiro atoms. The standard InChI is InChI=1S/C5H11NO3/c1-2-3-5(4-7)6(8)9/h5,7H,2-4H2,1H3. The second-order valence-electron chi connectivity index (χ2n) is 1.91. The van der Waals surface area contributed by atoms with Crippen LogP contribution in [0.3, 0.4) is 0 Å². The summed E-state index contributed by atoms with van der Waals surface area (Å²) in [6.07, 6.45) is 1.20. The van der Waals surface area contributed by atoms with Gasteiger partial charge in [0.2, 0.25) is 6.04 Å². The van der Waals surface area contributed by atoms with Crippen molar-refractivity contribution in [1.29, 1.82) is 0 Å². The van der Waals surface area contributed by atoms with E-state index in [1.807, 2.05) is 6.92 Å². The Balaban J connectivity index is 3.54. The second-order valence-corrected chi connectivity index (χ2v) is 1.91. The third-order valence-electron chi connectivity index (χ3n) is 1.13. The Labute approximate surface area is 53.6 Å². The summed E-state index contributed by atoms with van der Waals surface area (Å²) in [6, 6.07) is -0.755. The highest BCUT2D eigenvalue weighted by molar-refractivity contribution is 4.51. The molecule has 0 rings (SSSR count). The van der Waals surface area contributed by atoms with Crippen molar-refractivity contribution in [2.75, 3.05) is 6.61 Å². The average molecular weight is 133 g/mol. The van der Waals surface area contributed by atoms with Crippen molar-refractivity contribution in [3.63, 3.8) is 0 Å². The monoisotopic (exact) mass is 133 g/mol. The van der Waals surface area contributed by atoms with E-state index in [-0.39, 0.29) is 6.61 Å². The Morgan fingerprint density at radius 1 is 1.78 bits per heavy atom. The maximum Gasteiger partial charge on any atom is 0.235 e. The minimum Gasteiger partial charge on any atom is -0.389 e. The first-order valence-corrected chi connectivity index (χ1v) is 2.96. The molecule has 0 aromatic rings. The second kappa shape index (κ2) is 4.26. The Bertz CT molecular complexity index is 94.2. The molecule has 0 amide bonds. The van der Waals surface area contributed by atoms with Crippen LogP contribution in [0, 0.1) is 10.1 Å². The number of aliphatic hydroxyl groups is 1. The van der Waals surface area contributed by atoms with Gasteiger partial charge in [-0.05, 0) is 6.42 Å². The largest absolute Gasteiger partial charge is 0.389 e. The van der Waals surface area contributed by atoms with Crippen LogP contribution in [0.15, 0.2) is 0 Å². The molecule has 0 aliphatic heterocycles. The SMILES string of the molecule is CCCC(CO)[N+](=O)[O-]. The first-order valence-electron chi connectivity index (χ1n) is 2.96. The normalized spacial score (nSPS) is 13.1. The molecule has 0 aliphatic carbocycles. The summed E-state index contributed by atoms with van der Waals surface area (Å²) < 4.78 is 0. The summed E-state index contributed by atoms with van der Waals surface area (Å²) in [4.78, 5) is 9.53. The summed E-state index contributed by atoms with van der Waals surface area (Å²) in [7, 11) is 0. The summed E-state index contributed by atoms with van der Waals surface area (Å²) in [5, 5.41) is 18.4. The molecule has 4 nitrogen and oxygen atoms in total. The summed E-state index contributed by atoms with van der Waals surface area (Å²) in [6.45, 7) is 1.51. The predicted molar refractivity (Wildman–Crippen MR) is 32.8 cm³/mol. The molecule has 0 aromatic heterocycles. The highest BCUT2D eigenvalue weighted by Gasteiger charge is 2.15. The Kier molecular flexibility index (Phi) is 3.96. The maximum atomic E-state index is 9.97. The summed E-state index contributed by atoms with van der Waals surface area (Å²) >= 11 is 0. The Morgan fingerprint density at radius 3 is 2.44 bits per heavy atom. The maximum absolute atomic E-state index is 9.97. The van der Waals surface area contributed by atoms with E-state index in [1.54, 1.807) is 0 Å². The van der Waals surface area contributed by atoms with E-state index >= 15 is 0 Å². The minimum absolute atomic E-state index is 0.346. The van der Waals surface area contributed by atoms with E-state index in [4.69, 9.17) is 5.11 Å². The number of hydrogen-bond acceptors (Lipinski definition) is 3. The van der Waals surface area contributed by atoms with Gasteiger partial charge < -0.3 is 5.11 Å². The van der Waals surface area contributed by atoms with E-state index in [0.717, 1.165) is 6.42 Å². The highest BCUT2D eigenvalue weighted by Crippen LogP contribution is 1.98. The molecule has 54 valence electrons. The van der Waals surface area contributed by atoms with Crippen LogP contribution in [-0.2, 0) is 0 Å². The van der Waals surface area contributed by atoms with Crippen molar-refractivity contribution in [1.82, 2.24) is 0 Å². The van der Waals surface area contributed by atoms with Gasteiger partial charge in [-0.15, -0.1) is 0 Å². The number of aliphatic hydroxyl groups excluding tert-OH is 1. The topological polar surface area (TPSA) is 63.4 Å². The van der Waals surface area contributed by atoms with Crippen LogP contribution >= 0.6 is 0 Å². The smallest absolute Gasteiger partial charge is 0.235 e. The van der Waals surface area contributed by atoms with Crippen molar-refractivity contribution in [3.8, 4) is 0 Å². The van der Waals surface area contributed by atoms with Crippen molar-refractivity contribution in [2.24, 2.45) is 0 Å². The molecule has 9 heavy (non-hydrogen) atoms. The van der Waals surface area contributed by atoms with Crippen LogP contribution in [-0.4, -0.2) is 22.7 Å². The van der Waals surface area contributed by atoms with Gasteiger partial charge >= 0.3 is 0 Å². The van der Waals surface area contributed by atoms with Gasteiger partial charge in [0.05, 0.1) is 0 Å². The zero-order chi connectivity index (χ0) is 7.28. The van der Waals surface area contributed by atoms with E-state index in [0.29, 0.717) is 6.42 Å². The molecule has 0 saturated carbocycles. The van der Waals surface area contributed by atoms with Crippen LogP contribution < -0.4 is 0 Å². The first kappa shape index (κ1) is 8.36. The van der Waals surface area contributed by atoms with E-state index < -0.39 is 11.0 Å². The van der Waals surface area contributed by atoms with E-state index in [2.05, 4.69) is 0 Å². The number of nitrogens with zero attached hydrogens (tertiary/aromatic N) is 1. The Morgan fingerprint density at radius 2 is 2.33 bits per heavy atom. The molecule has 1 N–H and O–H groups in total. The van der Waals surface area contributed by atoms with Gasteiger partial charge in [0.1, 0.15) is 6.61 Å². The van der Waals surface area contributed by atoms with Crippen LogP contribution in [0.25, 0.3) is 0 Å². The molecule has 0 aromatic carbocycles. The molecule has 0 saturated heterocycles. The van der Waals surface area contributed by atoms with Crippen LogP contribution in [0.2, 0.25) is 0 Å². The van der Waals surface area contributed by atoms with E-state index in [1.165, 1.54) is 0 Å². The lowest BCUT2D eigenvalue weighted by Crippen LogP contribution is -2.22. The molecule has 1 atom stereocenters. The molecule has 0 aliphatic rings. The summed E-state index contributed by atoms with van der Waals surface area (Å²) in [5.74, 6) is 0. The number of hydrogen-bond donors (Lipinski definition) is 1. The van der Waals surface area contributed by atoms with Gasteiger partial charge in [-0.25, -0.2) is 0 Å². The van der Waals surface area contributed by atoms with Crippen molar-refractivity contribution in [2.45, 2.75) is 25.8 Å². The lowest BCUT2D eigenvalue weighted by Gasteiger charge is -2.01. The van der Waals surface area contributed by atoms with Gasteiger partial charge in [0.25, 0.3) is 0 Å². The zero-order valence-corrected chi connectivity index (χ0v) is 5.41.